The molecule has 0 heterocycles. The smallest absolute Gasteiger partial charge is 0.0352 e. The predicted molar refractivity (Wildman–Crippen MR) is 41.7 cm³/mol. The molecule has 3 aliphatic rings. The average Bonchev–Trinajstić information content (AvgIpc) is 1.77. The molecule has 0 radical (unpaired) electrons. The van der Waals surface area contributed by atoms with Crippen LogP contribution >= 0.6 is 0 Å². The van der Waals surface area contributed by atoms with Gasteiger partial charge in [-0.2, -0.15) is 0 Å². The minimum atomic E-state index is 1.20. The summed E-state index contributed by atoms with van der Waals surface area (Å²) in [5.41, 5.74) is 0. The Kier molecular flexibility index (Phi) is 1.00. The van der Waals surface area contributed by atoms with Crippen molar-refractivity contribution in [3.8, 4) is 0 Å². The molecule has 3 unspecified atom stereocenters. The average molecular weight is 136 g/mol. The molecule has 3 fully saturated rings. The van der Waals surface area contributed by atoms with E-state index < -0.39 is 0 Å². The molecule has 0 bridgehead atoms. The lowest BCUT2D eigenvalue weighted by Crippen LogP contribution is -2.49. The summed E-state index contributed by atoms with van der Waals surface area (Å²) >= 11 is 0. The van der Waals surface area contributed by atoms with Crippen molar-refractivity contribution < 1.29 is 0 Å². The maximum Gasteiger partial charge on any atom is -0.0352 e. The van der Waals surface area contributed by atoms with E-state index in [4.69, 9.17) is 0 Å². The van der Waals surface area contributed by atoms with Crippen LogP contribution in [-0.2, 0) is 0 Å². The van der Waals surface area contributed by atoms with E-state index in [9.17, 15) is 0 Å². The second kappa shape index (κ2) is 1.78. The molecule has 0 aliphatic heterocycles. The van der Waals surface area contributed by atoms with Crippen molar-refractivity contribution in [1.82, 2.24) is 0 Å². The van der Waals surface area contributed by atoms with Crippen molar-refractivity contribution in [2.45, 2.75) is 38.5 Å². The Morgan fingerprint density at radius 3 is 1.90 bits per heavy atom. The lowest BCUT2D eigenvalue weighted by Gasteiger charge is -2.57. The minimum Gasteiger partial charge on any atom is -0.0528 e. The van der Waals surface area contributed by atoms with E-state index in [0.717, 1.165) is 0 Å². The molecule has 0 nitrogen and oxygen atoms in total. The topological polar surface area (TPSA) is 0 Å². The SMILES string of the molecule is C1CC(C2CC3CCC32)C1. The minimum absolute atomic E-state index is 1.20. The van der Waals surface area contributed by atoms with Crippen LogP contribution in [0.2, 0.25) is 0 Å². The van der Waals surface area contributed by atoms with Crippen LogP contribution < -0.4 is 0 Å². The van der Waals surface area contributed by atoms with Crippen LogP contribution in [0.4, 0.5) is 0 Å². The molecule has 0 aromatic heterocycles. The van der Waals surface area contributed by atoms with Crippen LogP contribution in [0.25, 0.3) is 0 Å². The normalized spacial score (nSPS) is 52.2. The van der Waals surface area contributed by atoms with Gasteiger partial charge < -0.3 is 0 Å². The van der Waals surface area contributed by atoms with Crippen LogP contribution in [-0.4, -0.2) is 0 Å². The first-order valence-corrected chi connectivity index (χ1v) is 4.95. The quantitative estimate of drug-likeness (QED) is 0.520. The monoisotopic (exact) mass is 136 g/mol. The van der Waals surface area contributed by atoms with Gasteiger partial charge in [-0.15, -0.1) is 0 Å². The molecule has 0 heteroatoms. The van der Waals surface area contributed by atoms with Crippen molar-refractivity contribution >= 4 is 0 Å². The van der Waals surface area contributed by atoms with E-state index in [2.05, 4.69) is 0 Å². The molecule has 0 spiro atoms. The second-order valence-corrected chi connectivity index (χ2v) is 4.59. The van der Waals surface area contributed by atoms with Crippen LogP contribution in [0.1, 0.15) is 38.5 Å². The third-order valence-corrected chi connectivity index (χ3v) is 4.36. The fraction of sp³-hybridized carbons (Fsp3) is 1.00. The summed E-state index contributed by atoms with van der Waals surface area (Å²) in [7, 11) is 0. The maximum atomic E-state index is 1.62. The molecule has 0 amide bonds. The van der Waals surface area contributed by atoms with E-state index in [1.54, 1.807) is 38.5 Å². The van der Waals surface area contributed by atoms with Gasteiger partial charge in [0.2, 0.25) is 0 Å². The van der Waals surface area contributed by atoms with Gasteiger partial charge in [0.25, 0.3) is 0 Å². The Morgan fingerprint density at radius 1 is 0.700 bits per heavy atom. The van der Waals surface area contributed by atoms with Gasteiger partial charge in [-0.05, 0) is 42.9 Å². The largest absolute Gasteiger partial charge is 0.0528 e. The highest BCUT2D eigenvalue weighted by molar-refractivity contribution is 5.00. The summed E-state index contributed by atoms with van der Waals surface area (Å²) in [6.45, 7) is 0. The Labute approximate surface area is 63.0 Å². The summed E-state index contributed by atoms with van der Waals surface area (Å²) in [6, 6.07) is 0. The van der Waals surface area contributed by atoms with Crippen LogP contribution in [0, 0.1) is 23.7 Å². The molecule has 3 saturated carbocycles. The Morgan fingerprint density at radius 2 is 1.60 bits per heavy atom. The first-order chi connectivity index (χ1) is 4.95. The number of rotatable bonds is 1. The summed E-state index contributed by atoms with van der Waals surface area (Å²) in [5, 5.41) is 0. The van der Waals surface area contributed by atoms with Crippen molar-refractivity contribution in [3.63, 3.8) is 0 Å². The second-order valence-electron chi connectivity index (χ2n) is 4.59. The Balaban J connectivity index is 1.63. The number of hydrogen-bond donors (Lipinski definition) is 0. The van der Waals surface area contributed by atoms with Crippen molar-refractivity contribution in [2.75, 3.05) is 0 Å². The first kappa shape index (κ1) is 5.62. The summed E-state index contributed by atoms with van der Waals surface area (Å²) in [4.78, 5) is 0. The first-order valence-electron chi connectivity index (χ1n) is 4.95. The molecular weight excluding hydrogens is 120 g/mol. The lowest BCUT2D eigenvalue weighted by atomic mass is 9.48. The summed E-state index contributed by atoms with van der Waals surface area (Å²) in [5.74, 6) is 4.85. The molecule has 3 rings (SSSR count). The molecule has 0 aromatic rings. The fourth-order valence-electron chi connectivity index (χ4n) is 3.19. The molecule has 3 aliphatic carbocycles. The standard InChI is InChI=1S/C10H16/c1-2-7(3-1)10-6-8-4-5-9(8)10/h7-10H,1-6H2. The van der Waals surface area contributed by atoms with E-state index in [1.807, 2.05) is 0 Å². The maximum absolute atomic E-state index is 1.62. The van der Waals surface area contributed by atoms with E-state index in [0.29, 0.717) is 0 Å². The van der Waals surface area contributed by atoms with Gasteiger partial charge in [-0.25, -0.2) is 0 Å². The van der Waals surface area contributed by atoms with E-state index in [1.165, 1.54) is 23.7 Å². The van der Waals surface area contributed by atoms with E-state index >= 15 is 0 Å². The highest BCUT2D eigenvalue weighted by Gasteiger charge is 2.50. The summed E-state index contributed by atoms with van der Waals surface area (Å²) in [6.07, 6.45) is 9.48. The molecule has 0 aromatic carbocycles. The molecule has 0 saturated heterocycles. The zero-order valence-corrected chi connectivity index (χ0v) is 6.55. The molecular formula is C10H16. The predicted octanol–water partition coefficient (Wildman–Crippen LogP) is 2.83. The van der Waals surface area contributed by atoms with Crippen LogP contribution in [0.5, 0.6) is 0 Å². The highest BCUT2D eigenvalue weighted by Crippen LogP contribution is 2.59. The van der Waals surface area contributed by atoms with Crippen molar-refractivity contribution in [2.24, 2.45) is 23.7 Å². The number of fused-ring (bicyclic) bond motifs is 1. The Bertz CT molecular complexity index is 141. The lowest BCUT2D eigenvalue weighted by molar-refractivity contribution is -0.0770. The van der Waals surface area contributed by atoms with Gasteiger partial charge in [0.05, 0.1) is 0 Å². The van der Waals surface area contributed by atoms with Gasteiger partial charge >= 0.3 is 0 Å². The van der Waals surface area contributed by atoms with Crippen molar-refractivity contribution in [1.29, 1.82) is 0 Å². The Hall–Kier alpha value is 0. The molecule has 56 valence electrons. The molecule has 3 atom stereocenters. The fourth-order valence-corrected chi connectivity index (χ4v) is 3.19. The third-order valence-electron chi connectivity index (χ3n) is 4.36. The number of hydrogen-bond acceptors (Lipinski definition) is 0. The third kappa shape index (κ3) is 0.538. The molecule has 0 N–H and O–H groups in total. The van der Waals surface area contributed by atoms with E-state index in [-0.39, 0.29) is 0 Å². The van der Waals surface area contributed by atoms with Gasteiger partial charge in [0.15, 0.2) is 0 Å². The molecule has 10 heavy (non-hydrogen) atoms. The summed E-state index contributed by atoms with van der Waals surface area (Å²) < 4.78 is 0. The zero-order valence-electron chi connectivity index (χ0n) is 6.55. The van der Waals surface area contributed by atoms with Gasteiger partial charge in [0, 0.05) is 0 Å². The van der Waals surface area contributed by atoms with Gasteiger partial charge in [-0.1, -0.05) is 19.3 Å². The van der Waals surface area contributed by atoms with Crippen molar-refractivity contribution in [3.05, 3.63) is 0 Å². The zero-order chi connectivity index (χ0) is 6.55. The van der Waals surface area contributed by atoms with Crippen LogP contribution in [0.15, 0.2) is 0 Å². The highest BCUT2D eigenvalue weighted by atomic mass is 14.6. The van der Waals surface area contributed by atoms with Crippen LogP contribution in [0.3, 0.4) is 0 Å². The van der Waals surface area contributed by atoms with Gasteiger partial charge in [-0.3, -0.25) is 0 Å². The van der Waals surface area contributed by atoms with Gasteiger partial charge in [0.1, 0.15) is 0 Å².